The first-order valence-electron chi connectivity index (χ1n) is 3.81. The maximum Gasteiger partial charge on any atom is 0.0977 e. The molecule has 0 amide bonds. The van der Waals surface area contributed by atoms with Crippen LogP contribution >= 0.6 is 0 Å². The first-order chi connectivity index (χ1) is 4.88. The minimum absolute atomic E-state index is 0.0139. The highest BCUT2D eigenvalue weighted by atomic mass is 16.3. The summed E-state index contributed by atoms with van der Waals surface area (Å²) in [5.41, 5.74) is 0. The minimum atomic E-state index is -0.0139. The van der Waals surface area contributed by atoms with Crippen LogP contribution in [-0.2, 0) is 5.11 Å². The first-order valence-corrected chi connectivity index (χ1v) is 3.81. The molecular formula is C7H14NO2. The molecule has 1 N–H and O–H groups in total. The van der Waals surface area contributed by atoms with Gasteiger partial charge < -0.3 is 5.11 Å². The second-order valence-electron chi connectivity index (χ2n) is 2.72. The van der Waals surface area contributed by atoms with E-state index >= 15 is 0 Å². The van der Waals surface area contributed by atoms with Crippen molar-refractivity contribution in [2.75, 3.05) is 26.3 Å². The molecule has 1 rings (SSSR count). The fourth-order valence-electron chi connectivity index (χ4n) is 1.51. The second kappa shape index (κ2) is 3.91. The Bertz CT molecular complexity index is 97.6. The van der Waals surface area contributed by atoms with E-state index in [1.54, 1.807) is 0 Å². The molecule has 1 fully saturated rings. The SMILES string of the molecule is [O]C[C@H]1CCCN1CCO. The lowest BCUT2D eigenvalue weighted by Crippen LogP contribution is -2.33. The van der Waals surface area contributed by atoms with Crippen molar-refractivity contribution in [1.29, 1.82) is 0 Å². The van der Waals surface area contributed by atoms with E-state index in [1.165, 1.54) is 0 Å². The van der Waals surface area contributed by atoms with Gasteiger partial charge in [-0.3, -0.25) is 4.90 Å². The van der Waals surface area contributed by atoms with E-state index in [0.29, 0.717) is 6.54 Å². The highest BCUT2D eigenvalue weighted by Gasteiger charge is 2.22. The standard InChI is InChI=1S/C7H14NO2/c9-5-4-8-3-1-2-7(8)6-10/h7,9H,1-6H2/t7-/m1/s1. The molecule has 0 saturated carbocycles. The van der Waals surface area contributed by atoms with Gasteiger partial charge in [-0.1, -0.05) is 0 Å². The fourth-order valence-corrected chi connectivity index (χ4v) is 1.51. The summed E-state index contributed by atoms with van der Waals surface area (Å²) in [6.45, 7) is 1.83. The molecule has 59 valence electrons. The lowest BCUT2D eigenvalue weighted by molar-refractivity contribution is 0.0946. The van der Waals surface area contributed by atoms with Gasteiger partial charge in [-0.2, -0.15) is 0 Å². The zero-order valence-electron chi connectivity index (χ0n) is 6.12. The average molecular weight is 144 g/mol. The van der Waals surface area contributed by atoms with Gasteiger partial charge >= 0.3 is 0 Å². The van der Waals surface area contributed by atoms with E-state index in [2.05, 4.69) is 4.90 Å². The number of hydrogen-bond acceptors (Lipinski definition) is 2. The number of rotatable bonds is 3. The van der Waals surface area contributed by atoms with E-state index in [1.807, 2.05) is 0 Å². The van der Waals surface area contributed by atoms with Gasteiger partial charge in [-0.05, 0) is 19.4 Å². The molecule has 0 spiro atoms. The molecule has 0 aromatic heterocycles. The largest absolute Gasteiger partial charge is 0.395 e. The van der Waals surface area contributed by atoms with Crippen molar-refractivity contribution in [3.05, 3.63) is 0 Å². The summed E-state index contributed by atoms with van der Waals surface area (Å²) in [4.78, 5) is 2.08. The third-order valence-electron chi connectivity index (χ3n) is 2.08. The van der Waals surface area contributed by atoms with Crippen molar-refractivity contribution in [2.45, 2.75) is 18.9 Å². The third-order valence-corrected chi connectivity index (χ3v) is 2.08. The Hall–Kier alpha value is -0.120. The second-order valence-corrected chi connectivity index (χ2v) is 2.72. The van der Waals surface area contributed by atoms with Gasteiger partial charge in [0.25, 0.3) is 0 Å². The molecule has 1 radical (unpaired) electrons. The molecule has 1 atom stereocenters. The van der Waals surface area contributed by atoms with Gasteiger partial charge in [0.2, 0.25) is 0 Å². The molecule has 0 aromatic rings. The molecule has 1 aliphatic heterocycles. The van der Waals surface area contributed by atoms with Crippen LogP contribution in [0.2, 0.25) is 0 Å². The number of aliphatic hydroxyl groups is 1. The summed E-state index contributed by atoms with van der Waals surface area (Å²) in [6.07, 6.45) is 2.14. The number of nitrogens with zero attached hydrogens (tertiary/aromatic N) is 1. The van der Waals surface area contributed by atoms with E-state index in [9.17, 15) is 5.11 Å². The molecule has 1 aliphatic rings. The van der Waals surface area contributed by atoms with E-state index in [0.717, 1.165) is 19.4 Å². The zero-order chi connectivity index (χ0) is 7.40. The first kappa shape index (κ1) is 7.98. The van der Waals surface area contributed by atoms with E-state index < -0.39 is 0 Å². The van der Waals surface area contributed by atoms with Crippen LogP contribution in [0.25, 0.3) is 0 Å². The Balaban J connectivity index is 2.27. The van der Waals surface area contributed by atoms with Crippen molar-refractivity contribution in [2.24, 2.45) is 0 Å². The molecule has 0 bridgehead atoms. The fraction of sp³-hybridized carbons (Fsp3) is 1.00. The normalized spacial score (nSPS) is 27.6. The predicted molar refractivity (Wildman–Crippen MR) is 37.2 cm³/mol. The van der Waals surface area contributed by atoms with Crippen LogP contribution in [0.1, 0.15) is 12.8 Å². The van der Waals surface area contributed by atoms with Crippen LogP contribution in [0, 0.1) is 0 Å². The predicted octanol–water partition coefficient (Wildman–Crippen LogP) is -0.126. The maximum absolute atomic E-state index is 10.5. The summed E-state index contributed by atoms with van der Waals surface area (Å²) in [6, 6.07) is 0.201. The minimum Gasteiger partial charge on any atom is -0.395 e. The average Bonchev–Trinajstić information content (AvgIpc) is 2.36. The lowest BCUT2D eigenvalue weighted by Gasteiger charge is -2.20. The number of aliphatic hydroxyl groups excluding tert-OH is 1. The third kappa shape index (κ3) is 1.68. The topological polar surface area (TPSA) is 43.4 Å². The van der Waals surface area contributed by atoms with E-state index in [-0.39, 0.29) is 19.3 Å². The Morgan fingerprint density at radius 2 is 2.40 bits per heavy atom. The molecular weight excluding hydrogens is 130 g/mol. The monoisotopic (exact) mass is 144 g/mol. The molecule has 0 aromatic carbocycles. The molecule has 3 nitrogen and oxygen atoms in total. The number of hydrogen-bond donors (Lipinski definition) is 1. The molecule has 0 aliphatic carbocycles. The van der Waals surface area contributed by atoms with Gasteiger partial charge in [0, 0.05) is 12.6 Å². The van der Waals surface area contributed by atoms with Crippen LogP contribution < -0.4 is 0 Å². The summed E-state index contributed by atoms with van der Waals surface area (Å²) in [7, 11) is 0. The number of β-amino-alcohol motifs (C(OH)–C–C–N with tert-alkyl or cyclic N) is 1. The highest BCUT2D eigenvalue weighted by Crippen LogP contribution is 2.15. The summed E-state index contributed by atoms with van der Waals surface area (Å²) in [5.74, 6) is 0. The quantitative estimate of drug-likeness (QED) is 0.599. The Morgan fingerprint density at radius 1 is 1.60 bits per heavy atom. The van der Waals surface area contributed by atoms with Crippen LogP contribution in [-0.4, -0.2) is 42.4 Å². The molecule has 1 saturated heterocycles. The van der Waals surface area contributed by atoms with Crippen molar-refractivity contribution < 1.29 is 10.2 Å². The van der Waals surface area contributed by atoms with Crippen molar-refractivity contribution >= 4 is 0 Å². The van der Waals surface area contributed by atoms with Crippen LogP contribution in [0.15, 0.2) is 0 Å². The molecule has 10 heavy (non-hydrogen) atoms. The van der Waals surface area contributed by atoms with E-state index in [4.69, 9.17) is 5.11 Å². The molecule has 1 heterocycles. The number of likely N-dealkylation sites (tertiary alicyclic amines) is 1. The highest BCUT2D eigenvalue weighted by molar-refractivity contribution is 4.77. The van der Waals surface area contributed by atoms with Crippen LogP contribution in [0.3, 0.4) is 0 Å². The van der Waals surface area contributed by atoms with Gasteiger partial charge in [-0.25, -0.2) is 5.11 Å². The summed E-state index contributed by atoms with van der Waals surface area (Å²) in [5, 5.41) is 19.1. The van der Waals surface area contributed by atoms with Gasteiger partial charge in [0.1, 0.15) is 0 Å². The summed E-state index contributed by atoms with van der Waals surface area (Å²) >= 11 is 0. The summed E-state index contributed by atoms with van der Waals surface area (Å²) < 4.78 is 0. The molecule has 3 heteroatoms. The Kier molecular flexibility index (Phi) is 3.12. The Morgan fingerprint density at radius 3 is 3.00 bits per heavy atom. The Labute approximate surface area is 61.3 Å². The zero-order valence-corrected chi connectivity index (χ0v) is 6.12. The van der Waals surface area contributed by atoms with Crippen molar-refractivity contribution in [1.82, 2.24) is 4.90 Å². The lowest BCUT2D eigenvalue weighted by atomic mass is 10.2. The maximum atomic E-state index is 10.5. The van der Waals surface area contributed by atoms with Gasteiger partial charge in [-0.15, -0.1) is 0 Å². The smallest absolute Gasteiger partial charge is 0.0977 e. The van der Waals surface area contributed by atoms with Crippen molar-refractivity contribution in [3.63, 3.8) is 0 Å². The van der Waals surface area contributed by atoms with Crippen molar-refractivity contribution in [3.8, 4) is 0 Å². The van der Waals surface area contributed by atoms with Gasteiger partial charge in [0.05, 0.1) is 13.2 Å². The van der Waals surface area contributed by atoms with Gasteiger partial charge in [0.15, 0.2) is 0 Å². The molecule has 0 unspecified atom stereocenters. The van der Waals surface area contributed by atoms with Crippen LogP contribution in [0.5, 0.6) is 0 Å². The van der Waals surface area contributed by atoms with Crippen LogP contribution in [0.4, 0.5) is 0 Å².